The molecule has 2 fully saturated rings. The van der Waals surface area contributed by atoms with E-state index in [9.17, 15) is 0 Å². The van der Waals surface area contributed by atoms with Gasteiger partial charge in [0, 0.05) is 30.5 Å². The van der Waals surface area contributed by atoms with Gasteiger partial charge in [-0.05, 0) is 45.2 Å². The van der Waals surface area contributed by atoms with Crippen LogP contribution in [0, 0.1) is 6.92 Å². The number of hydrogen-bond acceptors (Lipinski definition) is 4. The number of aromatic nitrogens is 2. The zero-order chi connectivity index (χ0) is 12.4. The molecule has 2 heterocycles. The van der Waals surface area contributed by atoms with Crippen LogP contribution in [0.4, 0.5) is 5.95 Å². The van der Waals surface area contributed by atoms with E-state index in [2.05, 4.69) is 20.2 Å². The van der Waals surface area contributed by atoms with E-state index in [4.69, 9.17) is 0 Å². The Balaban J connectivity index is 1.71. The summed E-state index contributed by atoms with van der Waals surface area (Å²) >= 11 is 0. The zero-order valence-electron chi connectivity index (χ0n) is 11.1. The molecule has 1 unspecified atom stereocenters. The second-order valence-electron chi connectivity index (χ2n) is 5.53. The molecule has 3 rings (SSSR count). The molecule has 1 atom stereocenters. The lowest BCUT2D eigenvalue weighted by Crippen LogP contribution is -2.45. The minimum absolute atomic E-state index is 0.614. The molecular weight excluding hydrogens is 224 g/mol. The highest BCUT2D eigenvalue weighted by Gasteiger charge is 2.32. The highest BCUT2D eigenvalue weighted by molar-refractivity contribution is 5.34. The molecule has 0 spiro atoms. The van der Waals surface area contributed by atoms with Gasteiger partial charge in [0.1, 0.15) is 0 Å². The van der Waals surface area contributed by atoms with E-state index in [-0.39, 0.29) is 0 Å². The van der Waals surface area contributed by atoms with E-state index in [1.807, 2.05) is 19.2 Å². The first-order valence-electron chi connectivity index (χ1n) is 7.12. The highest BCUT2D eigenvalue weighted by Crippen LogP contribution is 2.30. The Morgan fingerprint density at radius 1 is 1.33 bits per heavy atom. The lowest BCUT2D eigenvalue weighted by molar-refractivity contribution is 0.397. The van der Waals surface area contributed by atoms with Gasteiger partial charge in [0.2, 0.25) is 5.95 Å². The van der Waals surface area contributed by atoms with Crippen molar-refractivity contribution in [3.05, 3.63) is 18.0 Å². The smallest absolute Gasteiger partial charge is 0.225 e. The normalized spacial score (nSPS) is 23.9. The SMILES string of the molecule is Cc1ccnc(N(CC2CCCCN2)C2CC2)n1. The van der Waals surface area contributed by atoms with Crippen molar-refractivity contribution in [1.29, 1.82) is 0 Å². The summed E-state index contributed by atoms with van der Waals surface area (Å²) in [7, 11) is 0. The van der Waals surface area contributed by atoms with E-state index >= 15 is 0 Å². The Morgan fingerprint density at radius 2 is 2.22 bits per heavy atom. The van der Waals surface area contributed by atoms with Gasteiger partial charge in [-0.2, -0.15) is 0 Å². The summed E-state index contributed by atoms with van der Waals surface area (Å²) in [5.41, 5.74) is 1.06. The van der Waals surface area contributed by atoms with Crippen molar-refractivity contribution in [3.8, 4) is 0 Å². The molecular formula is C14H22N4. The monoisotopic (exact) mass is 246 g/mol. The van der Waals surface area contributed by atoms with Crippen LogP contribution in [0.15, 0.2) is 12.3 Å². The lowest BCUT2D eigenvalue weighted by Gasteiger charge is -2.30. The summed E-state index contributed by atoms with van der Waals surface area (Å²) in [5.74, 6) is 0.921. The molecule has 0 radical (unpaired) electrons. The highest BCUT2D eigenvalue weighted by atomic mass is 15.3. The van der Waals surface area contributed by atoms with Gasteiger partial charge in [-0.15, -0.1) is 0 Å². The van der Waals surface area contributed by atoms with E-state index in [0.717, 1.165) is 24.7 Å². The van der Waals surface area contributed by atoms with Gasteiger partial charge >= 0.3 is 0 Å². The molecule has 1 saturated carbocycles. The van der Waals surface area contributed by atoms with Crippen LogP contribution in [-0.4, -0.2) is 35.1 Å². The number of piperidine rings is 1. The van der Waals surface area contributed by atoms with Crippen molar-refractivity contribution < 1.29 is 0 Å². The van der Waals surface area contributed by atoms with Crippen LogP contribution < -0.4 is 10.2 Å². The van der Waals surface area contributed by atoms with Crippen LogP contribution >= 0.6 is 0 Å². The van der Waals surface area contributed by atoms with E-state index < -0.39 is 0 Å². The number of hydrogen-bond donors (Lipinski definition) is 1. The maximum absolute atomic E-state index is 4.59. The summed E-state index contributed by atoms with van der Waals surface area (Å²) in [5, 5.41) is 3.62. The third-order valence-electron chi connectivity index (χ3n) is 3.86. The van der Waals surface area contributed by atoms with Gasteiger partial charge < -0.3 is 10.2 Å². The predicted octanol–water partition coefficient (Wildman–Crippen LogP) is 1.90. The standard InChI is InChI=1S/C14H22N4/c1-11-7-9-16-14(17-11)18(13-5-6-13)10-12-4-2-3-8-15-12/h7,9,12-13,15H,2-6,8,10H2,1H3. The van der Waals surface area contributed by atoms with Crippen LogP contribution in [0.2, 0.25) is 0 Å². The quantitative estimate of drug-likeness (QED) is 0.881. The molecule has 1 N–H and O–H groups in total. The fraction of sp³-hybridized carbons (Fsp3) is 0.714. The Bertz CT molecular complexity index is 397. The zero-order valence-corrected chi connectivity index (χ0v) is 11.1. The largest absolute Gasteiger partial charge is 0.336 e. The third kappa shape index (κ3) is 2.80. The first-order valence-corrected chi connectivity index (χ1v) is 7.12. The number of nitrogens with one attached hydrogen (secondary N) is 1. The van der Waals surface area contributed by atoms with Crippen molar-refractivity contribution in [2.45, 2.75) is 51.1 Å². The van der Waals surface area contributed by atoms with Crippen molar-refractivity contribution in [1.82, 2.24) is 15.3 Å². The molecule has 1 aromatic heterocycles. The Hall–Kier alpha value is -1.16. The lowest BCUT2D eigenvalue weighted by atomic mass is 10.0. The molecule has 1 saturated heterocycles. The van der Waals surface area contributed by atoms with Gasteiger partial charge in [0.05, 0.1) is 0 Å². The fourth-order valence-electron chi connectivity index (χ4n) is 2.67. The predicted molar refractivity (Wildman–Crippen MR) is 72.8 cm³/mol. The molecule has 0 amide bonds. The topological polar surface area (TPSA) is 41.1 Å². The van der Waals surface area contributed by atoms with E-state index in [1.165, 1.54) is 32.1 Å². The van der Waals surface area contributed by atoms with Gasteiger partial charge in [0.25, 0.3) is 0 Å². The first kappa shape index (κ1) is 11.9. The number of anilines is 1. The Kier molecular flexibility index (Phi) is 3.46. The number of aryl methyl sites for hydroxylation is 1. The van der Waals surface area contributed by atoms with Crippen LogP contribution in [0.5, 0.6) is 0 Å². The summed E-state index contributed by atoms with van der Waals surface area (Å²) in [6.07, 6.45) is 8.43. The van der Waals surface area contributed by atoms with Gasteiger partial charge in [-0.1, -0.05) is 6.42 Å². The Labute approximate surface area is 109 Å². The summed E-state index contributed by atoms with van der Waals surface area (Å²) in [6, 6.07) is 3.26. The van der Waals surface area contributed by atoms with Gasteiger partial charge in [0.15, 0.2) is 0 Å². The molecule has 0 aromatic carbocycles. The molecule has 1 aliphatic carbocycles. The molecule has 1 aromatic rings. The molecule has 2 aliphatic rings. The van der Waals surface area contributed by atoms with Crippen molar-refractivity contribution in [2.24, 2.45) is 0 Å². The molecule has 18 heavy (non-hydrogen) atoms. The molecule has 98 valence electrons. The average molecular weight is 246 g/mol. The molecule has 4 nitrogen and oxygen atoms in total. The maximum atomic E-state index is 4.59. The molecule has 0 bridgehead atoms. The van der Waals surface area contributed by atoms with Crippen LogP contribution in [0.25, 0.3) is 0 Å². The van der Waals surface area contributed by atoms with Crippen molar-refractivity contribution >= 4 is 5.95 Å². The summed E-state index contributed by atoms with van der Waals surface area (Å²) in [6.45, 7) is 4.26. The van der Waals surface area contributed by atoms with Crippen LogP contribution in [0.3, 0.4) is 0 Å². The Morgan fingerprint density at radius 3 is 2.89 bits per heavy atom. The van der Waals surface area contributed by atoms with Crippen molar-refractivity contribution in [3.63, 3.8) is 0 Å². The van der Waals surface area contributed by atoms with Crippen molar-refractivity contribution in [2.75, 3.05) is 18.0 Å². The fourth-order valence-corrected chi connectivity index (χ4v) is 2.67. The molecule has 4 heteroatoms. The maximum Gasteiger partial charge on any atom is 0.225 e. The summed E-state index contributed by atoms with van der Waals surface area (Å²) in [4.78, 5) is 11.5. The second kappa shape index (κ2) is 5.22. The second-order valence-corrected chi connectivity index (χ2v) is 5.53. The van der Waals surface area contributed by atoms with E-state index in [1.54, 1.807) is 0 Å². The third-order valence-corrected chi connectivity index (χ3v) is 3.86. The average Bonchev–Trinajstić information content (AvgIpc) is 3.21. The van der Waals surface area contributed by atoms with E-state index in [0.29, 0.717) is 12.1 Å². The number of nitrogens with zero attached hydrogens (tertiary/aromatic N) is 3. The summed E-state index contributed by atoms with van der Waals surface area (Å²) < 4.78 is 0. The van der Waals surface area contributed by atoms with Crippen LogP contribution in [0.1, 0.15) is 37.8 Å². The number of rotatable bonds is 4. The minimum Gasteiger partial charge on any atom is -0.336 e. The minimum atomic E-state index is 0.614. The first-order chi connectivity index (χ1) is 8.83. The van der Waals surface area contributed by atoms with Gasteiger partial charge in [-0.25, -0.2) is 9.97 Å². The molecule has 1 aliphatic heterocycles. The van der Waals surface area contributed by atoms with Crippen LogP contribution in [-0.2, 0) is 0 Å². The van der Waals surface area contributed by atoms with Gasteiger partial charge in [-0.3, -0.25) is 0 Å².